The number of piperazine rings is 1. The molecule has 1 N–H and O–H groups in total. The first-order valence-corrected chi connectivity index (χ1v) is 8.50. The average Bonchev–Trinajstić information content (AvgIpc) is 3.01. The highest BCUT2D eigenvalue weighted by atomic mass is 35.5. The van der Waals surface area contributed by atoms with Crippen LogP contribution in [0, 0.1) is 0 Å². The van der Waals surface area contributed by atoms with Crippen molar-refractivity contribution in [2.45, 2.75) is 13.2 Å². The molecule has 0 bridgehead atoms. The van der Waals surface area contributed by atoms with Crippen molar-refractivity contribution in [1.82, 2.24) is 24.9 Å². The monoisotopic (exact) mass is 347 g/mol. The number of hydrogen-bond donors (Lipinski definition) is 1. The lowest BCUT2D eigenvalue weighted by Crippen LogP contribution is -2.49. The van der Waals surface area contributed by atoms with Crippen molar-refractivity contribution in [3.8, 4) is 0 Å². The molecule has 24 heavy (non-hydrogen) atoms. The van der Waals surface area contributed by atoms with Crippen molar-refractivity contribution < 1.29 is 4.79 Å². The van der Waals surface area contributed by atoms with Crippen LogP contribution in [0.25, 0.3) is 0 Å². The molecule has 2 heterocycles. The number of amides is 1. The van der Waals surface area contributed by atoms with Crippen molar-refractivity contribution in [2.75, 3.05) is 32.7 Å². The first kappa shape index (κ1) is 17.0. The molecule has 0 unspecified atom stereocenters. The lowest BCUT2D eigenvalue weighted by molar-refractivity contribution is -0.122. The molecule has 0 saturated carbocycles. The standard InChI is InChI=1S/C17H22ClN5O/c18-16-11-20-23(12-16)14-22-8-6-21(7-9-22)13-17(24)19-10-15-4-2-1-3-5-15/h1-5,11-12H,6-10,13-14H2,(H,19,24). The van der Waals surface area contributed by atoms with Crippen LogP contribution >= 0.6 is 11.6 Å². The number of nitrogens with zero attached hydrogens (tertiary/aromatic N) is 4. The van der Waals surface area contributed by atoms with Gasteiger partial charge in [0.1, 0.15) is 0 Å². The third kappa shape index (κ3) is 5.06. The topological polar surface area (TPSA) is 53.4 Å². The van der Waals surface area contributed by atoms with Crippen LogP contribution in [-0.4, -0.2) is 58.2 Å². The van der Waals surface area contributed by atoms with Crippen LogP contribution in [0.1, 0.15) is 5.56 Å². The van der Waals surface area contributed by atoms with E-state index in [1.54, 1.807) is 6.20 Å². The van der Waals surface area contributed by atoms with Gasteiger partial charge >= 0.3 is 0 Å². The van der Waals surface area contributed by atoms with E-state index in [4.69, 9.17) is 11.6 Å². The molecule has 1 saturated heterocycles. The van der Waals surface area contributed by atoms with Gasteiger partial charge in [0.2, 0.25) is 5.91 Å². The first-order valence-electron chi connectivity index (χ1n) is 8.12. The van der Waals surface area contributed by atoms with Gasteiger partial charge in [0, 0.05) is 38.9 Å². The van der Waals surface area contributed by atoms with Gasteiger partial charge in [-0.15, -0.1) is 0 Å². The van der Waals surface area contributed by atoms with E-state index in [0.717, 1.165) is 38.4 Å². The van der Waals surface area contributed by atoms with E-state index in [9.17, 15) is 4.79 Å². The normalized spacial score (nSPS) is 16.2. The Kier molecular flexibility index (Phi) is 5.85. The molecule has 1 fully saturated rings. The Bertz CT molecular complexity index is 652. The van der Waals surface area contributed by atoms with Gasteiger partial charge in [-0.2, -0.15) is 5.10 Å². The summed E-state index contributed by atoms with van der Waals surface area (Å²) in [6.45, 7) is 5.38. The summed E-state index contributed by atoms with van der Waals surface area (Å²) in [5, 5.41) is 7.83. The molecule has 0 radical (unpaired) electrons. The number of carbonyl (C=O) groups excluding carboxylic acids is 1. The Balaban J connectivity index is 1.36. The Morgan fingerprint density at radius 2 is 1.83 bits per heavy atom. The third-order valence-electron chi connectivity index (χ3n) is 4.11. The molecule has 128 valence electrons. The first-order chi connectivity index (χ1) is 11.7. The molecule has 6 nitrogen and oxygen atoms in total. The van der Waals surface area contributed by atoms with Gasteiger partial charge < -0.3 is 5.32 Å². The van der Waals surface area contributed by atoms with E-state index < -0.39 is 0 Å². The van der Waals surface area contributed by atoms with Crippen molar-refractivity contribution >= 4 is 17.5 Å². The fourth-order valence-electron chi connectivity index (χ4n) is 2.76. The van der Waals surface area contributed by atoms with E-state index >= 15 is 0 Å². The Morgan fingerprint density at radius 1 is 1.12 bits per heavy atom. The van der Waals surface area contributed by atoms with E-state index in [2.05, 4.69) is 20.2 Å². The lowest BCUT2D eigenvalue weighted by Gasteiger charge is -2.34. The predicted octanol–water partition coefficient (Wildman–Crippen LogP) is 1.43. The van der Waals surface area contributed by atoms with Gasteiger partial charge in [-0.1, -0.05) is 41.9 Å². The summed E-state index contributed by atoms with van der Waals surface area (Å²) in [5.41, 5.74) is 1.12. The van der Waals surface area contributed by atoms with Crippen molar-refractivity contribution in [3.05, 3.63) is 53.3 Å². The largest absolute Gasteiger partial charge is 0.351 e. The van der Waals surface area contributed by atoms with E-state index in [1.807, 2.05) is 41.2 Å². The van der Waals surface area contributed by atoms with Crippen LogP contribution in [0.5, 0.6) is 0 Å². The van der Waals surface area contributed by atoms with Crippen LogP contribution in [-0.2, 0) is 18.0 Å². The molecular formula is C17H22ClN5O. The highest BCUT2D eigenvalue weighted by Gasteiger charge is 2.19. The fraction of sp³-hybridized carbons (Fsp3) is 0.412. The highest BCUT2D eigenvalue weighted by molar-refractivity contribution is 6.30. The molecule has 1 aromatic heterocycles. The summed E-state index contributed by atoms with van der Waals surface area (Å²) < 4.78 is 1.84. The average molecular weight is 348 g/mol. The number of aromatic nitrogens is 2. The summed E-state index contributed by atoms with van der Waals surface area (Å²) in [5.74, 6) is 0.0751. The quantitative estimate of drug-likeness (QED) is 0.859. The fourth-order valence-corrected chi connectivity index (χ4v) is 2.92. The highest BCUT2D eigenvalue weighted by Crippen LogP contribution is 2.07. The maximum atomic E-state index is 12.1. The second-order valence-corrected chi connectivity index (χ2v) is 6.43. The Morgan fingerprint density at radius 3 is 2.50 bits per heavy atom. The minimum atomic E-state index is 0.0751. The maximum Gasteiger partial charge on any atom is 0.234 e. The zero-order valence-electron chi connectivity index (χ0n) is 13.6. The summed E-state index contributed by atoms with van der Waals surface area (Å²) in [7, 11) is 0. The molecule has 0 aliphatic carbocycles. The van der Waals surface area contributed by atoms with Crippen molar-refractivity contribution in [1.29, 1.82) is 0 Å². The van der Waals surface area contributed by atoms with Gasteiger partial charge in [0.15, 0.2) is 0 Å². The van der Waals surface area contributed by atoms with Crippen LogP contribution in [0.4, 0.5) is 0 Å². The minimum Gasteiger partial charge on any atom is -0.351 e. The molecular weight excluding hydrogens is 326 g/mol. The number of nitrogens with one attached hydrogen (secondary N) is 1. The zero-order valence-corrected chi connectivity index (χ0v) is 14.3. The Labute approximate surface area is 147 Å². The molecule has 0 atom stereocenters. The molecule has 3 rings (SSSR count). The summed E-state index contributed by atoms with van der Waals surface area (Å²) in [4.78, 5) is 16.6. The molecule has 1 aromatic carbocycles. The second-order valence-electron chi connectivity index (χ2n) is 6.00. The van der Waals surface area contributed by atoms with Gasteiger partial charge in [0.25, 0.3) is 0 Å². The minimum absolute atomic E-state index is 0.0751. The molecule has 0 spiro atoms. The van der Waals surface area contributed by atoms with E-state index in [0.29, 0.717) is 18.1 Å². The van der Waals surface area contributed by atoms with Gasteiger partial charge in [0.05, 0.1) is 24.4 Å². The van der Waals surface area contributed by atoms with Gasteiger partial charge in [-0.25, -0.2) is 0 Å². The van der Waals surface area contributed by atoms with Crippen LogP contribution in [0.3, 0.4) is 0 Å². The molecule has 1 aliphatic heterocycles. The molecule has 7 heteroatoms. The Hall–Kier alpha value is -1.89. The lowest BCUT2D eigenvalue weighted by atomic mass is 10.2. The number of carbonyl (C=O) groups is 1. The summed E-state index contributed by atoms with van der Waals surface area (Å²) in [6, 6.07) is 9.96. The van der Waals surface area contributed by atoms with E-state index in [1.165, 1.54) is 0 Å². The number of rotatable bonds is 6. The smallest absolute Gasteiger partial charge is 0.234 e. The SMILES string of the molecule is O=C(CN1CCN(Cn2cc(Cl)cn2)CC1)NCc1ccccc1. The summed E-state index contributed by atoms with van der Waals surface area (Å²) >= 11 is 5.88. The summed E-state index contributed by atoms with van der Waals surface area (Å²) in [6.07, 6.45) is 3.47. The van der Waals surface area contributed by atoms with Gasteiger partial charge in [-0.05, 0) is 5.56 Å². The van der Waals surface area contributed by atoms with E-state index in [-0.39, 0.29) is 5.91 Å². The van der Waals surface area contributed by atoms with Crippen molar-refractivity contribution in [3.63, 3.8) is 0 Å². The second kappa shape index (κ2) is 8.28. The number of hydrogen-bond acceptors (Lipinski definition) is 4. The van der Waals surface area contributed by atoms with Gasteiger partial charge in [-0.3, -0.25) is 19.3 Å². The number of benzene rings is 1. The third-order valence-corrected chi connectivity index (χ3v) is 4.31. The van der Waals surface area contributed by atoms with Crippen molar-refractivity contribution in [2.24, 2.45) is 0 Å². The molecule has 1 amide bonds. The molecule has 1 aliphatic rings. The zero-order chi connectivity index (χ0) is 16.8. The predicted molar refractivity (Wildman–Crippen MR) is 93.5 cm³/mol. The maximum absolute atomic E-state index is 12.1. The van der Waals surface area contributed by atoms with Crippen LogP contribution in [0.2, 0.25) is 5.02 Å². The molecule has 2 aromatic rings. The van der Waals surface area contributed by atoms with Crippen LogP contribution in [0.15, 0.2) is 42.7 Å². The van der Waals surface area contributed by atoms with Crippen LogP contribution < -0.4 is 5.32 Å². The number of halogens is 1.